The fourth-order valence-electron chi connectivity index (χ4n) is 3.87. The number of carboxylic acid groups (broad SMARTS) is 2. The third-order valence-electron chi connectivity index (χ3n) is 5.54. The molecule has 2 N–H and O–H groups in total. The SMILES string of the molecule is O=C(O)C(Oc1ccc(-c2cccc(C(F)(F)F)c2)cc1Cc1cccc2ccccc12)C(=O)O. The highest BCUT2D eigenvalue weighted by Gasteiger charge is 2.31. The molecule has 0 unspecified atom stereocenters. The van der Waals surface area contributed by atoms with Crippen molar-refractivity contribution in [3.05, 3.63) is 102 Å². The molecule has 0 saturated heterocycles. The molecule has 0 aliphatic rings. The van der Waals surface area contributed by atoms with Gasteiger partial charge in [0, 0.05) is 6.42 Å². The molecule has 0 radical (unpaired) electrons. The van der Waals surface area contributed by atoms with E-state index in [1.54, 1.807) is 6.07 Å². The van der Waals surface area contributed by atoms with E-state index in [0.717, 1.165) is 28.5 Å². The van der Waals surface area contributed by atoms with Crippen LogP contribution in [0.25, 0.3) is 21.9 Å². The fraction of sp³-hybridized carbons (Fsp3) is 0.111. The highest BCUT2D eigenvalue weighted by Crippen LogP contribution is 2.35. The standard InChI is InChI=1S/C27H19F3O5/c28-27(29,30)21-9-4-7-17(15-21)18-11-12-23(35-24(25(31)32)26(33)34)20(13-18)14-19-8-3-6-16-5-1-2-10-22(16)19/h1-13,15,24H,14H2,(H,31,32)(H,33,34). The van der Waals surface area contributed by atoms with Crippen molar-refractivity contribution in [1.82, 2.24) is 0 Å². The van der Waals surface area contributed by atoms with E-state index in [-0.39, 0.29) is 12.2 Å². The number of alkyl halides is 3. The van der Waals surface area contributed by atoms with Crippen molar-refractivity contribution < 1.29 is 37.7 Å². The predicted molar refractivity (Wildman–Crippen MR) is 123 cm³/mol. The molecule has 0 aliphatic carbocycles. The second-order valence-electron chi connectivity index (χ2n) is 7.89. The minimum absolute atomic E-state index is 0.0171. The molecule has 4 aromatic rings. The maximum absolute atomic E-state index is 13.2. The third kappa shape index (κ3) is 5.27. The Hall–Kier alpha value is -4.33. The van der Waals surface area contributed by atoms with Crippen molar-refractivity contribution in [2.24, 2.45) is 0 Å². The minimum Gasteiger partial charge on any atom is -0.478 e. The zero-order valence-corrected chi connectivity index (χ0v) is 18.1. The van der Waals surface area contributed by atoms with Crippen molar-refractivity contribution in [3.8, 4) is 16.9 Å². The van der Waals surface area contributed by atoms with Crippen LogP contribution in [-0.4, -0.2) is 28.3 Å². The van der Waals surface area contributed by atoms with Crippen LogP contribution in [0.3, 0.4) is 0 Å². The lowest BCUT2D eigenvalue weighted by molar-refractivity contribution is -0.159. The van der Waals surface area contributed by atoms with Crippen LogP contribution in [0.15, 0.2) is 84.9 Å². The first-order chi connectivity index (χ1) is 16.6. The van der Waals surface area contributed by atoms with Gasteiger partial charge in [0.1, 0.15) is 5.75 Å². The molecule has 5 nitrogen and oxygen atoms in total. The molecule has 4 aromatic carbocycles. The fourth-order valence-corrected chi connectivity index (χ4v) is 3.87. The first-order valence-electron chi connectivity index (χ1n) is 10.5. The van der Waals surface area contributed by atoms with Gasteiger partial charge in [0.05, 0.1) is 5.56 Å². The second-order valence-corrected chi connectivity index (χ2v) is 7.89. The Bertz CT molecular complexity index is 1390. The topological polar surface area (TPSA) is 83.8 Å². The molecular weight excluding hydrogens is 461 g/mol. The van der Waals surface area contributed by atoms with Crippen molar-refractivity contribution in [1.29, 1.82) is 0 Å². The van der Waals surface area contributed by atoms with Crippen molar-refractivity contribution >= 4 is 22.7 Å². The van der Waals surface area contributed by atoms with E-state index >= 15 is 0 Å². The number of hydrogen-bond acceptors (Lipinski definition) is 3. The monoisotopic (exact) mass is 480 g/mol. The Morgan fingerprint density at radius 3 is 2.14 bits per heavy atom. The van der Waals surface area contributed by atoms with Gasteiger partial charge < -0.3 is 14.9 Å². The number of halogens is 3. The molecule has 0 atom stereocenters. The molecule has 8 heteroatoms. The number of benzene rings is 4. The molecule has 0 bridgehead atoms. The van der Waals surface area contributed by atoms with E-state index in [9.17, 15) is 33.0 Å². The van der Waals surface area contributed by atoms with Gasteiger partial charge in [-0.15, -0.1) is 0 Å². The van der Waals surface area contributed by atoms with Crippen LogP contribution >= 0.6 is 0 Å². The van der Waals surface area contributed by atoms with Gasteiger partial charge in [0.2, 0.25) is 0 Å². The zero-order chi connectivity index (χ0) is 25.2. The molecule has 178 valence electrons. The summed E-state index contributed by atoms with van der Waals surface area (Å²) in [6.07, 6.45) is -6.42. The summed E-state index contributed by atoms with van der Waals surface area (Å²) >= 11 is 0. The lowest BCUT2D eigenvalue weighted by Gasteiger charge is -2.17. The largest absolute Gasteiger partial charge is 0.478 e. The lowest BCUT2D eigenvalue weighted by atomic mass is 9.95. The maximum atomic E-state index is 13.2. The molecule has 0 spiro atoms. The van der Waals surface area contributed by atoms with E-state index in [1.807, 2.05) is 42.5 Å². The lowest BCUT2D eigenvalue weighted by Crippen LogP contribution is -2.35. The van der Waals surface area contributed by atoms with Crippen LogP contribution in [0.5, 0.6) is 5.75 Å². The van der Waals surface area contributed by atoms with Crippen LogP contribution in [0.2, 0.25) is 0 Å². The summed E-state index contributed by atoms with van der Waals surface area (Å²) in [4.78, 5) is 22.8. The van der Waals surface area contributed by atoms with Crippen LogP contribution in [0.1, 0.15) is 16.7 Å². The summed E-state index contributed by atoms with van der Waals surface area (Å²) in [5.74, 6) is -3.32. The van der Waals surface area contributed by atoms with Crippen molar-refractivity contribution in [2.75, 3.05) is 0 Å². The maximum Gasteiger partial charge on any atom is 0.416 e. The molecule has 0 saturated carbocycles. The average Bonchev–Trinajstić information content (AvgIpc) is 2.82. The molecule has 35 heavy (non-hydrogen) atoms. The molecular formula is C27H19F3O5. The van der Waals surface area contributed by atoms with Gasteiger partial charge in [-0.2, -0.15) is 13.2 Å². The zero-order valence-electron chi connectivity index (χ0n) is 18.1. The van der Waals surface area contributed by atoms with Gasteiger partial charge in [0.25, 0.3) is 6.10 Å². The molecule has 0 fully saturated rings. The van der Waals surface area contributed by atoms with Crippen LogP contribution < -0.4 is 4.74 Å². The normalized spacial score (nSPS) is 11.5. The second kappa shape index (κ2) is 9.50. The number of aliphatic carboxylic acids is 2. The number of carbonyl (C=O) groups is 2. The number of ether oxygens (including phenoxy) is 1. The summed E-state index contributed by atoms with van der Waals surface area (Å²) in [5, 5.41) is 20.4. The van der Waals surface area contributed by atoms with Gasteiger partial charge >= 0.3 is 18.1 Å². The molecule has 4 rings (SSSR count). The molecule has 0 aliphatic heterocycles. The summed E-state index contributed by atoms with van der Waals surface area (Å²) in [7, 11) is 0. The van der Waals surface area contributed by atoms with Gasteiger partial charge in [-0.25, -0.2) is 9.59 Å². The quantitative estimate of drug-likeness (QED) is 0.316. The summed E-state index contributed by atoms with van der Waals surface area (Å²) in [6.45, 7) is 0. The van der Waals surface area contributed by atoms with E-state index in [2.05, 4.69) is 0 Å². The van der Waals surface area contributed by atoms with Gasteiger partial charge in [0.15, 0.2) is 0 Å². The Morgan fingerprint density at radius 1 is 0.771 bits per heavy atom. The molecule has 0 aromatic heterocycles. The summed E-state index contributed by atoms with van der Waals surface area (Å²) < 4.78 is 45.0. The Morgan fingerprint density at radius 2 is 1.43 bits per heavy atom. The average molecular weight is 480 g/mol. The van der Waals surface area contributed by atoms with E-state index in [1.165, 1.54) is 24.3 Å². The van der Waals surface area contributed by atoms with Crippen molar-refractivity contribution in [2.45, 2.75) is 18.7 Å². The summed E-state index contributed by atoms with van der Waals surface area (Å²) in [5.41, 5.74) is 1.24. The molecule has 0 amide bonds. The first-order valence-corrected chi connectivity index (χ1v) is 10.5. The summed E-state index contributed by atoms with van der Waals surface area (Å²) in [6, 6.07) is 22.5. The number of fused-ring (bicyclic) bond motifs is 1. The van der Waals surface area contributed by atoms with Crippen molar-refractivity contribution in [3.63, 3.8) is 0 Å². The van der Waals surface area contributed by atoms with Crippen LogP contribution in [0.4, 0.5) is 13.2 Å². The van der Waals surface area contributed by atoms with Crippen LogP contribution in [0, 0.1) is 0 Å². The molecule has 0 heterocycles. The highest BCUT2D eigenvalue weighted by molar-refractivity contribution is 5.96. The van der Waals surface area contributed by atoms with E-state index in [0.29, 0.717) is 16.7 Å². The van der Waals surface area contributed by atoms with Crippen LogP contribution in [-0.2, 0) is 22.2 Å². The van der Waals surface area contributed by atoms with E-state index < -0.39 is 29.8 Å². The Balaban J connectivity index is 1.82. The van der Waals surface area contributed by atoms with Gasteiger partial charge in [-0.05, 0) is 57.3 Å². The van der Waals surface area contributed by atoms with Gasteiger partial charge in [-0.3, -0.25) is 0 Å². The predicted octanol–water partition coefficient (Wildman–Crippen LogP) is 6.03. The number of rotatable bonds is 7. The first kappa shape index (κ1) is 23.8. The number of carboxylic acids is 2. The van der Waals surface area contributed by atoms with E-state index in [4.69, 9.17) is 4.74 Å². The number of hydrogen-bond donors (Lipinski definition) is 2. The Labute approximate surface area is 198 Å². The Kier molecular flexibility index (Phi) is 6.46. The van der Waals surface area contributed by atoms with Gasteiger partial charge in [-0.1, -0.05) is 60.7 Å². The minimum atomic E-state index is -4.51. The third-order valence-corrected chi connectivity index (χ3v) is 5.54. The smallest absolute Gasteiger partial charge is 0.416 e. The highest BCUT2D eigenvalue weighted by atomic mass is 19.4.